The van der Waals surface area contributed by atoms with E-state index in [1.54, 1.807) is 0 Å². The zero-order valence-electron chi connectivity index (χ0n) is 9.29. The first-order valence-corrected chi connectivity index (χ1v) is 7.67. The monoisotopic (exact) mass is 430 g/mol. The van der Waals surface area contributed by atoms with E-state index in [0.29, 0.717) is 12.0 Å². The molecule has 0 saturated carbocycles. The van der Waals surface area contributed by atoms with Gasteiger partial charge in [0.25, 0.3) is 0 Å². The minimum atomic E-state index is 0.102. The lowest BCUT2D eigenvalue weighted by Crippen LogP contribution is -2.04. The average molecular weight is 433 g/mol. The third-order valence-electron chi connectivity index (χ3n) is 2.51. The summed E-state index contributed by atoms with van der Waals surface area (Å²) in [4.78, 5) is 12.2. The molecule has 0 saturated heterocycles. The quantitative estimate of drug-likeness (QED) is 0.593. The van der Waals surface area contributed by atoms with Gasteiger partial charge in [0.2, 0.25) is 0 Å². The van der Waals surface area contributed by atoms with Crippen molar-refractivity contribution in [2.45, 2.75) is 6.42 Å². The van der Waals surface area contributed by atoms with Gasteiger partial charge in [-0.15, -0.1) is 0 Å². The zero-order valence-corrected chi connectivity index (χ0v) is 14.0. The van der Waals surface area contributed by atoms with Crippen LogP contribution in [0.5, 0.6) is 0 Å². The van der Waals surface area contributed by atoms with Crippen molar-refractivity contribution in [2.24, 2.45) is 0 Å². The van der Waals surface area contributed by atoms with Gasteiger partial charge in [-0.2, -0.15) is 0 Å². The normalized spacial score (nSPS) is 10.4. The zero-order chi connectivity index (χ0) is 13.1. The molecule has 0 N–H and O–H groups in total. The lowest BCUT2D eigenvalue weighted by Gasteiger charge is -2.05. The highest BCUT2D eigenvalue weighted by molar-refractivity contribution is 9.11. The van der Waals surface area contributed by atoms with Crippen LogP contribution >= 0.6 is 47.8 Å². The Labute approximate surface area is 131 Å². The van der Waals surface area contributed by atoms with Crippen LogP contribution < -0.4 is 0 Å². The molecular weight excluding hydrogens is 424 g/mol. The van der Waals surface area contributed by atoms with Crippen LogP contribution in [0.1, 0.15) is 15.9 Å². The maximum Gasteiger partial charge on any atom is 0.168 e. The molecule has 2 aromatic rings. The highest BCUT2D eigenvalue weighted by Gasteiger charge is 2.11. The fourth-order valence-electron chi connectivity index (χ4n) is 1.59. The molecule has 2 rings (SSSR count). The van der Waals surface area contributed by atoms with Gasteiger partial charge in [-0.25, -0.2) is 0 Å². The van der Waals surface area contributed by atoms with E-state index in [1.807, 2.05) is 42.5 Å². The van der Waals surface area contributed by atoms with Gasteiger partial charge in [-0.1, -0.05) is 59.9 Å². The van der Waals surface area contributed by atoms with E-state index in [1.165, 1.54) is 0 Å². The van der Waals surface area contributed by atoms with Crippen LogP contribution in [0, 0.1) is 0 Å². The number of ketones is 1. The molecule has 0 aliphatic heterocycles. The Balaban J connectivity index is 2.21. The Kier molecular flexibility index (Phi) is 4.76. The Bertz CT molecular complexity index is 576. The molecule has 2 aromatic carbocycles. The van der Waals surface area contributed by atoms with Crippen molar-refractivity contribution >= 4 is 53.6 Å². The number of carbonyl (C=O) groups is 1. The van der Waals surface area contributed by atoms with E-state index in [-0.39, 0.29) is 5.78 Å². The molecule has 0 amide bonds. The van der Waals surface area contributed by atoms with Crippen molar-refractivity contribution in [1.82, 2.24) is 0 Å². The van der Waals surface area contributed by atoms with Crippen molar-refractivity contribution in [3.05, 3.63) is 67.0 Å². The van der Waals surface area contributed by atoms with Crippen molar-refractivity contribution < 1.29 is 4.79 Å². The first-order valence-electron chi connectivity index (χ1n) is 5.29. The second kappa shape index (κ2) is 6.13. The highest BCUT2D eigenvalue weighted by Crippen LogP contribution is 2.23. The predicted octanol–water partition coefficient (Wildman–Crippen LogP) is 5.40. The van der Waals surface area contributed by atoms with Crippen LogP contribution in [0.25, 0.3) is 0 Å². The van der Waals surface area contributed by atoms with E-state index in [9.17, 15) is 4.79 Å². The van der Waals surface area contributed by atoms with Gasteiger partial charge >= 0.3 is 0 Å². The largest absolute Gasteiger partial charge is 0.294 e. The first kappa shape index (κ1) is 14.0. The Morgan fingerprint density at radius 1 is 0.889 bits per heavy atom. The van der Waals surface area contributed by atoms with Crippen LogP contribution in [0.4, 0.5) is 0 Å². The molecule has 0 fully saturated rings. The smallest absolute Gasteiger partial charge is 0.168 e. The second-order valence-corrected chi connectivity index (χ2v) is 6.54. The minimum Gasteiger partial charge on any atom is -0.294 e. The molecule has 0 aromatic heterocycles. The average Bonchev–Trinajstić information content (AvgIpc) is 2.35. The maximum absolute atomic E-state index is 12.2. The fourth-order valence-corrected chi connectivity index (χ4v) is 2.69. The standard InChI is InChI=1S/C14H9Br3O/c15-10-3-1-9(2-4-10)7-14(18)12-8-11(16)5-6-13(12)17/h1-6,8H,7H2. The molecule has 0 aliphatic carbocycles. The van der Waals surface area contributed by atoms with Crippen molar-refractivity contribution in [1.29, 1.82) is 0 Å². The molecule has 0 bridgehead atoms. The van der Waals surface area contributed by atoms with Crippen molar-refractivity contribution in [3.63, 3.8) is 0 Å². The predicted molar refractivity (Wildman–Crippen MR) is 84.0 cm³/mol. The Hall–Kier alpha value is -0.450. The number of benzene rings is 2. The summed E-state index contributed by atoms with van der Waals surface area (Å²) in [6.07, 6.45) is 0.405. The summed E-state index contributed by atoms with van der Waals surface area (Å²) in [6, 6.07) is 13.4. The van der Waals surface area contributed by atoms with Crippen LogP contribution in [0.15, 0.2) is 55.9 Å². The summed E-state index contributed by atoms with van der Waals surface area (Å²) in [5.74, 6) is 0.102. The van der Waals surface area contributed by atoms with Crippen LogP contribution in [-0.2, 0) is 6.42 Å². The van der Waals surface area contributed by atoms with Gasteiger partial charge in [0.15, 0.2) is 5.78 Å². The second-order valence-electron chi connectivity index (χ2n) is 3.85. The molecule has 1 nitrogen and oxygen atoms in total. The van der Waals surface area contributed by atoms with E-state index in [4.69, 9.17) is 0 Å². The maximum atomic E-state index is 12.2. The van der Waals surface area contributed by atoms with Crippen LogP contribution in [-0.4, -0.2) is 5.78 Å². The summed E-state index contributed by atoms with van der Waals surface area (Å²) in [5, 5.41) is 0. The summed E-state index contributed by atoms with van der Waals surface area (Å²) < 4.78 is 2.75. The molecule has 18 heavy (non-hydrogen) atoms. The summed E-state index contributed by atoms with van der Waals surface area (Å²) >= 11 is 10.2. The van der Waals surface area contributed by atoms with Gasteiger partial charge in [-0.05, 0) is 35.9 Å². The third-order valence-corrected chi connectivity index (χ3v) is 4.22. The Morgan fingerprint density at radius 2 is 1.50 bits per heavy atom. The van der Waals surface area contributed by atoms with Crippen molar-refractivity contribution in [2.75, 3.05) is 0 Å². The number of halogens is 3. The van der Waals surface area contributed by atoms with Gasteiger partial charge in [-0.3, -0.25) is 4.79 Å². The number of rotatable bonds is 3. The topological polar surface area (TPSA) is 17.1 Å². The van der Waals surface area contributed by atoms with E-state index >= 15 is 0 Å². The lowest BCUT2D eigenvalue weighted by atomic mass is 10.0. The van der Waals surface area contributed by atoms with Gasteiger partial charge in [0, 0.05) is 25.4 Å². The summed E-state index contributed by atoms with van der Waals surface area (Å²) in [7, 11) is 0. The minimum absolute atomic E-state index is 0.102. The Morgan fingerprint density at radius 3 is 2.17 bits per heavy atom. The van der Waals surface area contributed by atoms with Crippen LogP contribution in [0.2, 0.25) is 0 Å². The summed E-state index contributed by atoms with van der Waals surface area (Å²) in [5.41, 5.74) is 1.71. The molecule has 0 radical (unpaired) electrons. The number of carbonyl (C=O) groups excluding carboxylic acids is 1. The number of hydrogen-bond donors (Lipinski definition) is 0. The van der Waals surface area contributed by atoms with Gasteiger partial charge in [0.1, 0.15) is 0 Å². The molecule has 0 unspecified atom stereocenters. The van der Waals surface area contributed by atoms with Gasteiger partial charge < -0.3 is 0 Å². The molecule has 0 atom stereocenters. The molecule has 0 heterocycles. The molecule has 0 aliphatic rings. The number of hydrogen-bond acceptors (Lipinski definition) is 1. The molecular formula is C14H9Br3O. The van der Waals surface area contributed by atoms with Crippen molar-refractivity contribution in [3.8, 4) is 0 Å². The SMILES string of the molecule is O=C(Cc1ccc(Br)cc1)c1cc(Br)ccc1Br. The third kappa shape index (κ3) is 3.53. The van der Waals surface area contributed by atoms with Crippen LogP contribution in [0.3, 0.4) is 0 Å². The lowest BCUT2D eigenvalue weighted by molar-refractivity contribution is 0.0992. The molecule has 0 spiro atoms. The summed E-state index contributed by atoms with van der Waals surface area (Å²) in [6.45, 7) is 0. The fraction of sp³-hybridized carbons (Fsp3) is 0.0714. The number of Topliss-reactive ketones (excluding diaryl/α,β-unsaturated/α-hetero) is 1. The molecule has 92 valence electrons. The highest BCUT2D eigenvalue weighted by atomic mass is 79.9. The first-order chi connectivity index (χ1) is 8.56. The molecule has 4 heteroatoms. The van der Waals surface area contributed by atoms with Gasteiger partial charge in [0.05, 0.1) is 0 Å². The van der Waals surface area contributed by atoms with E-state index in [2.05, 4.69) is 47.8 Å². The van der Waals surface area contributed by atoms with E-state index in [0.717, 1.165) is 19.0 Å². The van der Waals surface area contributed by atoms with E-state index < -0.39 is 0 Å².